The molecule has 1 aromatic rings. The first-order chi connectivity index (χ1) is 9.83. The Hall–Kier alpha value is -0.880. The van der Waals surface area contributed by atoms with Crippen LogP contribution in [0.2, 0.25) is 0 Å². The van der Waals surface area contributed by atoms with Gasteiger partial charge in [0.25, 0.3) is 0 Å². The number of methoxy groups -OCH3 is 2. The maximum absolute atomic E-state index is 5.60. The third-order valence-corrected chi connectivity index (χ3v) is 3.58. The summed E-state index contributed by atoms with van der Waals surface area (Å²) in [5.74, 6) is 1.05. The summed E-state index contributed by atoms with van der Waals surface area (Å²) in [4.78, 5) is 2.33. The fraction of sp³-hybridized carbons (Fsp3) is 0.733. The van der Waals surface area contributed by atoms with Crippen LogP contribution in [-0.2, 0) is 22.6 Å². The van der Waals surface area contributed by atoms with Crippen LogP contribution in [0.25, 0.3) is 0 Å². The molecule has 5 nitrogen and oxygen atoms in total. The highest BCUT2D eigenvalue weighted by Gasteiger charge is 2.21. The summed E-state index contributed by atoms with van der Waals surface area (Å²) in [6, 6.07) is 2.77. The Morgan fingerprint density at radius 2 is 1.95 bits per heavy atom. The predicted octanol–water partition coefficient (Wildman–Crippen LogP) is 1.63. The molecule has 0 unspecified atom stereocenters. The second kappa shape index (κ2) is 8.42. The largest absolute Gasteiger partial charge is 0.468 e. The first-order valence-corrected chi connectivity index (χ1v) is 7.32. The zero-order chi connectivity index (χ0) is 14.2. The Kier molecular flexibility index (Phi) is 6.53. The van der Waals surface area contributed by atoms with Gasteiger partial charge >= 0.3 is 0 Å². The standard InChI is InChI=1S/C15H26N2O3/c1-18-9-6-17(7-10-19-2)12-13-5-8-20-15(13)11-16-14-3-4-14/h5,8,14,16H,3-4,6-7,9-12H2,1-2H3. The van der Waals surface area contributed by atoms with E-state index < -0.39 is 0 Å². The van der Waals surface area contributed by atoms with Crippen LogP contribution in [-0.4, -0.2) is 51.5 Å². The molecule has 5 heteroatoms. The summed E-state index contributed by atoms with van der Waals surface area (Å²) >= 11 is 0. The molecule has 1 aromatic heterocycles. The normalized spacial score (nSPS) is 15.2. The minimum atomic E-state index is 0.700. The highest BCUT2D eigenvalue weighted by molar-refractivity contribution is 5.17. The van der Waals surface area contributed by atoms with Gasteiger partial charge in [-0.2, -0.15) is 0 Å². The predicted molar refractivity (Wildman–Crippen MR) is 77.6 cm³/mol. The second-order valence-corrected chi connectivity index (χ2v) is 5.29. The van der Waals surface area contributed by atoms with E-state index in [4.69, 9.17) is 13.9 Å². The lowest BCUT2D eigenvalue weighted by Crippen LogP contribution is -2.30. The van der Waals surface area contributed by atoms with E-state index in [1.165, 1.54) is 18.4 Å². The molecule has 114 valence electrons. The van der Waals surface area contributed by atoms with E-state index in [0.29, 0.717) is 6.04 Å². The van der Waals surface area contributed by atoms with Gasteiger partial charge in [0.05, 0.1) is 26.0 Å². The summed E-state index contributed by atoms with van der Waals surface area (Å²) < 4.78 is 15.9. The molecule has 1 saturated carbocycles. The van der Waals surface area contributed by atoms with Crippen LogP contribution in [0.15, 0.2) is 16.7 Å². The van der Waals surface area contributed by atoms with Crippen LogP contribution in [0.4, 0.5) is 0 Å². The lowest BCUT2D eigenvalue weighted by Gasteiger charge is -2.21. The Balaban J connectivity index is 1.84. The maximum Gasteiger partial charge on any atom is 0.122 e. The molecule has 1 aliphatic carbocycles. The topological polar surface area (TPSA) is 46.9 Å². The van der Waals surface area contributed by atoms with Gasteiger partial charge < -0.3 is 19.2 Å². The van der Waals surface area contributed by atoms with Gasteiger partial charge in [0.1, 0.15) is 5.76 Å². The van der Waals surface area contributed by atoms with Gasteiger partial charge in [-0.15, -0.1) is 0 Å². The smallest absolute Gasteiger partial charge is 0.122 e. The third kappa shape index (κ3) is 5.25. The van der Waals surface area contributed by atoms with Crippen molar-refractivity contribution in [3.63, 3.8) is 0 Å². The average molecular weight is 282 g/mol. The molecule has 0 aromatic carbocycles. The Morgan fingerprint density at radius 3 is 2.55 bits per heavy atom. The molecule has 0 spiro atoms. The first kappa shape index (κ1) is 15.5. The van der Waals surface area contributed by atoms with Gasteiger partial charge in [0.15, 0.2) is 0 Å². The summed E-state index contributed by atoms with van der Waals surface area (Å²) in [5.41, 5.74) is 1.25. The van der Waals surface area contributed by atoms with Crippen molar-refractivity contribution in [3.8, 4) is 0 Å². The highest BCUT2D eigenvalue weighted by atomic mass is 16.5. The van der Waals surface area contributed by atoms with Crippen LogP contribution in [0.1, 0.15) is 24.2 Å². The van der Waals surface area contributed by atoms with Crippen LogP contribution in [0, 0.1) is 0 Å². The fourth-order valence-electron chi connectivity index (χ4n) is 2.14. The molecular weight excluding hydrogens is 256 g/mol. The van der Waals surface area contributed by atoms with Crippen molar-refractivity contribution in [3.05, 3.63) is 23.7 Å². The molecule has 0 radical (unpaired) electrons. The lowest BCUT2D eigenvalue weighted by atomic mass is 10.2. The molecule has 20 heavy (non-hydrogen) atoms. The minimum Gasteiger partial charge on any atom is -0.468 e. The summed E-state index contributed by atoms with van der Waals surface area (Å²) in [6.45, 7) is 4.98. The molecule has 1 N–H and O–H groups in total. The van der Waals surface area contributed by atoms with Crippen LogP contribution >= 0.6 is 0 Å². The van der Waals surface area contributed by atoms with Crippen molar-refractivity contribution in [2.24, 2.45) is 0 Å². The van der Waals surface area contributed by atoms with Crippen LogP contribution < -0.4 is 5.32 Å². The minimum absolute atomic E-state index is 0.700. The van der Waals surface area contributed by atoms with Crippen LogP contribution in [0.3, 0.4) is 0 Å². The zero-order valence-corrected chi connectivity index (χ0v) is 12.6. The number of furan rings is 1. The van der Waals surface area contributed by atoms with Gasteiger partial charge in [-0.3, -0.25) is 4.90 Å². The number of rotatable bonds is 11. The molecule has 0 saturated heterocycles. The number of nitrogens with one attached hydrogen (secondary N) is 1. The lowest BCUT2D eigenvalue weighted by molar-refractivity contribution is 0.110. The highest BCUT2D eigenvalue weighted by Crippen LogP contribution is 2.20. The number of hydrogen-bond acceptors (Lipinski definition) is 5. The van der Waals surface area contributed by atoms with Gasteiger partial charge in [-0.25, -0.2) is 0 Å². The molecule has 0 aliphatic heterocycles. The number of nitrogens with zero attached hydrogens (tertiary/aromatic N) is 1. The number of hydrogen-bond donors (Lipinski definition) is 1. The van der Waals surface area contributed by atoms with E-state index in [1.54, 1.807) is 20.5 Å². The Morgan fingerprint density at radius 1 is 1.25 bits per heavy atom. The summed E-state index contributed by atoms with van der Waals surface area (Å²) in [7, 11) is 3.47. The molecule has 2 rings (SSSR count). The zero-order valence-electron chi connectivity index (χ0n) is 12.6. The Labute approximate surface area is 121 Å². The average Bonchev–Trinajstić information content (AvgIpc) is 3.19. The molecule has 0 bridgehead atoms. The SMILES string of the molecule is COCCN(CCOC)Cc1ccoc1CNC1CC1. The Bertz CT molecular complexity index is 369. The van der Waals surface area contributed by atoms with Crippen LogP contribution in [0.5, 0.6) is 0 Å². The molecule has 1 fully saturated rings. The van der Waals surface area contributed by atoms with Crippen molar-refractivity contribution in [2.75, 3.05) is 40.5 Å². The van der Waals surface area contributed by atoms with Crippen molar-refractivity contribution >= 4 is 0 Å². The molecule has 1 aliphatic rings. The summed E-state index contributed by atoms with van der Waals surface area (Å²) in [5, 5.41) is 3.50. The van der Waals surface area contributed by atoms with Gasteiger partial charge in [0.2, 0.25) is 0 Å². The summed E-state index contributed by atoms with van der Waals surface area (Å²) in [6.07, 6.45) is 4.37. The van der Waals surface area contributed by atoms with E-state index in [2.05, 4.69) is 16.3 Å². The van der Waals surface area contributed by atoms with E-state index in [-0.39, 0.29) is 0 Å². The molecule has 0 amide bonds. The van der Waals surface area contributed by atoms with Crippen molar-refractivity contribution in [1.29, 1.82) is 0 Å². The molecule has 1 heterocycles. The van der Waals surface area contributed by atoms with E-state index in [0.717, 1.165) is 45.2 Å². The van der Waals surface area contributed by atoms with Gasteiger partial charge in [-0.1, -0.05) is 0 Å². The monoisotopic (exact) mass is 282 g/mol. The van der Waals surface area contributed by atoms with E-state index >= 15 is 0 Å². The van der Waals surface area contributed by atoms with Gasteiger partial charge in [0, 0.05) is 45.5 Å². The molecular formula is C15H26N2O3. The fourth-order valence-corrected chi connectivity index (χ4v) is 2.14. The van der Waals surface area contributed by atoms with Crippen molar-refractivity contribution in [1.82, 2.24) is 10.2 Å². The first-order valence-electron chi connectivity index (χ1n) is 7.32. The van der Waals surface area contributed by atoms with Crippen molar-refractivity contribution < 1.29 is 13.9 Å². The van der Waals surface area contributed by atoms with E-state index in [1.807, 2.05) is 0 Å². The number of ether oxygens (including phenoxy) is 2. The van der Waals surface area contributed by atoms with E-state index in [9.17, 15) is 0 Å². The third-order valence-electron chi connectivity index (χ3n) is 3.58. The molecule has 0 atom stereocenters. The maximum atomic E-state index is 5.60. The van der Waals surface area contributed by atoms with Gasteiger partial charge in [-0.05, 0) is 18.9 Å². The second-order valence-electron chi connectivity index (χ2n) is 5.29. The quantitative estimate of drug-likeness (QED) is 0.668. The van der Waals surface area contributed by atoms with Crippen molar-refractivity contribution in [2.45, 2.75) is 32.0 Å².